The summed E-state index contributed by atoms with van der Waals surface area (Å²) in [6.07, 6.45) is 0. The van der Waals surface area contributed by atoms with E-state index in [4.69, 9.17) is 26.8 Å². The van der Waals surface area contributed by atoms with Gasteiger partial charge in [-0.05, 0) is 24.3 Å². The van der Waals surface area contributed by atoms with E-state index in [-0.39, 0.29) is 12.4 Å². The van der Waals surface area contributed by atoms with Crippen LogP contribution in [0.4, 0.5) is 5.69 Å². The average molecular weight is 280 g/mol. The molecule has 0 radical (unpaired) electrons. The molecule has 3 N–H and O–H groups in total. The van der Waals surface area contributed by atoms with Crippen LogP contribution in [0.1, 0.15) is 5.56 Å². The molecule has 0 aliphatic rings. The number of anilines is 1. The minimum atomic E-state index is 0.0918. The molecular weight excluding hydrogens is 266 g/mol. The van der Waals surface area contributed by atoms with Crippen molar-refractivity contribution in [2.75, 3.05) is 12.8 Å². The summed E-state index contributed by atoms with van der Waals surface area (Å²) in [6, 6.07) is 9.93. The predicted molar refractivity (Wildman–Crippen MR) is 74.9 cm³/mol. The molecule has 2 aromatic carbocycles. The van der Waals surface area contributed by atoms with Gasteiger partial charge in [-0.1, -0.05) is 17.7 Å². The summed E-state index contributed by atoms with van der Waals surface area (Å²) in [5.74, 6) is 1.23. The summed E-state index contributed by atoms with van der Waals surface area (Å²) in [5, 5.41) is 9.61. The van der Waals surface area contributed by atoms with Gasteiger partial charge < -0.3 is 20.3 Å². The second-order valence-corrected chi connectivity index (χ2v) is 4.34. The molecule has 0 saturated heterocycles. The lowest BCUT2D eigenvalue weighted by molar-refractivity contribution is 0.297. The minimum absolute atomic E-state index is 0.0918. The number of ether oxygens (including phenoxy) is 2. The summed E-state index contributed by atoms with van der Waals surface area (Å²) in [5.41, 5.74) is 7.24. The first-order valence-corrected chi connectivity index (χ1v) is 6.02. The highest BCUT2D eigenvalue weighted by molar-refractivity contribution is 6.32. The van der Waals surface area contributed by atoms with Gasteiger partial charge in [0, 0.05) is 11.8 Å². The molecule has 2 rings (SSSR count). The number of hydrogen-bond acceptors (Lipinski definition) is 4. The molecule has 0 spiro atoms. The zero-order valence-corrected chi connectivity index (χ0v) is 11.1. The Morgan fingerprint density at radius 1 is 1.21 bits per heavy atom. The van der Waals surface area contributed by atoms with Crippen LogP contribution in [0.15, 0.2) is 36.4 Å². The van der Waals surface area contributed by atoms with Crippen LogP contribution in [-0.4, -0.2) is 12.2 Å². The van der Waals surface area contributed by atoms with Crippen molar-refractivity contribution < 1.29 is 14.6 Å². The molecule has 0 unspecified atom stereocenters. The Hall–Kier alpha value is -2.07. The number of aromatic hydroxyl groups is 1. The van der Waals surface area contributed by atoms with Gasteiger partial charge in [0.05, 0.1) is 17.7 Å². The van der Waals surface area contributed by atoms with Crippen molar-refractivity contribution in [2.45, 2.75) is 6.61 Å². The van der Waals surface area contributed by atoms with Crippen LogP contribution in [0.2, 0.25) is 5.02 Å². The van der Waals surface area contributed by atoms with Gasteiger partial charge in [-0.15, -0.1) is 0 Å². The molecule has 0 fully saturated rings. The Balaban J connectivity index is 2.19. The normalized spacial score (nSPS) is 10.2. The number of phenolic OH excluding ortho intramolecular Hbond substituents is 1. The molecule has 0 aliphatic heterocycles. The number of benzene rings is 2. The second kappa shape index (κ2) is 5.71. The maximum Gasteiger partial charge on any atom is 0.138 e. The predicted octanol–water partition coefficient (Wildman–Crippen LogP) is 3.22. The highest BCUT2D eigenvalue weighted by atomic mass is 35.5. The number of halogens is 1. The Kier molecular flexibility index (Phi) is 4.02. The lowest BCUT2D eigenvalue weighted by atomic mass is 10.1. The summed E-state index contributed by atoms with van der Waals surface area (Å²) in [6.45, 7) is 0.236. The van der Waals surface area contributed by atoms with E-state index < -0.39 is 0 Å². The van der Waals surface area contributed by atoms with Crippen LogP contribution in [0, 0.1) is 0 Å². The molecule has 19 heavy (non-hydrogen) atoms. The highest BCUT2D eigenvalue weighted by Gasteiger charge is 2.09. The third-order valence-electron chi connectivity index (χ3n) is 2.68. The number of hydrogen-bond donors (Lipinski definition) is 2. The first kappa shape index (κ1) is 13.4. The molecular formula is C14H14ClNO3. The fraction of sp³-hybridized carbons (Fsp3) is 0.143. The highest BCUT2D eigenvalue weighted by Crippen LogP contribution is 2.31. The van der Waals surface area contributed by atoms with Gasteiger partial charge in [0.25, 0.3) is 0 Å². The van der Waals surface area contributed by atoms with Crippen LogP contribution >= 0.6 is 11.6 Å². The molecule has 2 aromatic rings. The van der Waals surface area contributed by atoms with Crippen LogP contribution in [0.25, 0.3) is 0 Å². The average Bonchev–Trinajstić information content (AvgIpc) is 2.39. The minimum Gasteiger partial charge on any atom is -0.508 e. The molecule has 0 atom stereocenters. The van der Waals surface area contributed by atoms with Crippen molar-refractivity contribution in [3.05, 3.63) is 47.0 Å². The smallest absolute Gasteiger partial charge is 0.138 e. The largest absolute Gasteiger partial charge is 0.508 e. The second-order valence-electron chi connectivity index (χ2n) is 3.93. The van der Waals surface area contributed by atoms with Gasteiger partial charge >= 0.3 is 0 Å². The van der Waals surface area contributed by atoms with Gasteiger partial charge in [-0.25, -0.2) is 0 Å². The van der Waals surface area contributed by atoms with E-state index >= 15 is 0 Å². The fourth-order valence-corrected chi connectivity index (χ4v) is 1.91. The Bertz CT molecular complexity index is 587. The lowest BCUT2D eigenvalue weighted by Crippen LogP contribution is -2.03. The Labute approximate surface area is 116 Å². The fourth-order valence-electron chi connectivity index (χ4n) is 1.69. The van der Waals surface area contributed by atoms with Crippen molar-refractivity contribution in [3.8, 4) is 17.2 Å². The molecule has 100 valence electrons. The van der Waals surface area contributed by atoms with Gasteiger partial charge in [-0.3, -0.25) is 0 Å². The number of phenols is 1. The summed E-state index contributed by atoms with van der Waals surface area (Å²) in [7, 11) is 1.58. The first-order valence-electron chi connectivity index (χ1n) is 5.64. The van der Waals surface area contributed by atoms with Crippen molar-refractivity contribution in [2.24, 2.45) is 0 Å². The molecule has 5 heteroatoms. The zero-order chi connectivity index (χ0) is 13.8. The van der Waals surface area contributed by atoms with E-state index in [0.717, 1.165) is 5.56 Å². The van der Waals surface area contributed by atoms with Crippen molar-refractivity contribution in [1.29, 1.82) is 0 Å². The van der Waals surface area contributed by atoms with Crippen LogP contribution in [-0.2, 0) is 6.61 Å². The maximum atomic E-state index is 9.27. The molecule has 4 nitrogen and oxygen atoms in total. The van der Waals surface area contributed by atoms with Crippen molar-refractivity contribution in [3.63, 3.8) is 0 Å². The molecule has 0 heterocycles. The van der Waals surface area contributed by atoms with E-state index in [1.54, 1.807) is 19.2 Å². The number of nitrogen functional groups attached to an aromatic ring is 1. The van der Waals surface area contributed by atoms with E-state index in [2.05, 4.69) is 0 Å². The van der Waals surface area contributed by atoms with Crippen LogP contribution in [0.5, 0.6) is 17.2 Å². The van der Waals surface area contributed by atoms with Crippen molar-refractivity contribution >= 4 is 17.3 Å². The third-order valence-corrected chi connectivity index (χ3v) is 2.97. The molecule has 0 saturated carbocycles. The van der Waals surface area contributed by atoms with Gasteiger partial charge in [-0.2, -0.15) is 0 Å². The first-order chi connectivity index (χ1) is 9.11. The molecule has 0 aromatic heterocycles. The molecule has 0 bridgehead atoms. The number of nitrogens with two attached hydrogens (primary N) is 1. The summed E-state index contributed by atoms with van der Waals surface area (Å²) in [4.78, 5) is 0. The Morgan fingerprint density at radius 2 is 2.00 bits per heavy atom. The number of rotatable bonds is 4. The monoisotopic (exact) mass is 279 g/mol. The van der Waals surface area contributed by atoms with Gasteiger partial charge in [0.1, 0.15) is 23.9 Å². The SMILES string of the molecule is COc1cccc(N)c1COc1ccc(O)cc1Cl. The number of methoxy groups -OCH3 is 1. The van der Waals surface area contributed by atoms with E-state index in [1.165, 1.54) is 12.1 Å². The van der Waals surface area contributed by atoms with E-state index in [0.29, 0.717) is 22.2 Å². The van der Waals surface area contributed by atoms with Crippen LogP contribution in [0.3, 0.4) is 0 Å². The summed E-state index contributed by atoms with van der Waals surface area (Å²) < 4.78 is 10.8. The Morgan fingerprint density at radius 3 is 2.68 bits per heavy atom. The quantitative estimate of drug-likeness (QED) is 0.844. The zero-order valence-electron chi connectivity index (χ0n) is 10.4. The maximum absolute atomic E-state index is 9.27. The lowest BCUT2D eigenvalue weighted by Gasteiger charge is -2.13. The van der Waals surface area contributed by atoms with Gasteiger partial charge in [0.2, 0.25) is 0 Å². The van der Waals surface area contributed by atoms with E-state index in [1.807, 2.05) is 12.1 Å². The summed E-state index contributed by atoms with van der Waals surface area (Å²) >= 11 is 5.96. The molecule has 0 aliphatic carbocycles. The van der Waals surface area contributed by atoms with Crippen LogP contribution < -0.4 is 15.2 Å². The standard InChI is InChI=1S/C14H14ClNO3/c1-18-13-4-2-3-12(16)10(13)8-19-14-6-5-9(17)7-11(14)15/h2-7,17H,8,16H2,1H3. The molecule has 0 amide bonds. The van der Waals surface area contributed by atoms with Gasteiger partial charge in [0.15, 0.2) is 0 Å². The van der Waals surface area contributed by atoms with E-state index in [9.17, 15) is 5.11 Å². The topological polar surface area (TPSA) is 64.7 Å². The van der Waals surface area contributed by atoms with Crippen molar-refractivity contribution in [1.82, 2.24) is 0 Å². The third kappa shape index (κ3) is 3.03.